The maximum atomic E-state index is 10.6. The van der Waals surface area contributed by atoms with E-state index in [1.165, 1.54) is 0 Å². The van der Waals surface area contributed by atoms with Crippen LogP contribution in [0.25, 0.3) is 0 Å². The Kier molecular flexibility index (Phi) is 3.27. The second-order valence-corrected chi connectivity index (χ2v) is 4.78. The first-order valence-electron chi connectivity index (χ1n) is 4.17. The van der Waals surface area contributed by atoms with Crippen molar-refractivity contribution in [1.82, 2.24) is 0 Å². The smallest absolute Gasteiger partial charge is 0.323 e. The minimum Gasteiger partial charge on any atom is -0.480 e. The van der Waals surface area contributed by atoms with Crippen LogP contribution in [-0.4, -0.2) is 16.6 Å². The van der Waals surface area contributed by atoms with Crippen LogP contribution in [0.1, 0.15) is 40.5 Å². The van der Waals surface area contributed by atoms with Gasteiger partial charge in [0.05, 0.1) is 0 Å². The molecule has 3 N–H and O–H groups in total. The van der Waals surface area contributed by atoms with Gasteiger partial charge in [-0.1, -0.05) is 20.8 Å². The van der Waals surface area contributed by atoms with Crippen LogP contribution in [0.15, 0.2) is 0 Å². The van der Waals surface area contributed by atoms with Crippen LogP contribution < -0.4 is 5.73 Å². The van der Waals surface area contributed by atoms with Crippen molar-refractivity contribution in [2.24, 2.45) is 11.1 Å². The van der Waals surface area contributed by atoms with Crippen LogP contribution >= 0.6 is 0 Å². The van der Waals surface area contributed by atoms with Gasteiger partial charge in [-0.25, -0.2) is 0 Å². The van der Waals surface area contributed by atoms with Gasteiger partial charge in [-0.3, -0.25) is 4.79 Å². The van der Waals surface area contributed by atoms with Gasteiger partial charge in [0, 0.05) is 0 Å². The van der Waals surface area contributed by atoms with Crippen LogP contribution in [-0.2, 0) is 4.79 Å². The molecule has 0 unspecified atom stereocenters. The second-order valence-electron chi connectivity index (χ2n) is 4.78. The van der Waals surface area contributed by atoms with Gasteiger partial charge in [0.1, 0.15) is 5.54 Å². The summed E-state index contributed by atoms with van der Waals surface area (Å²) < 4.78 is 0. The Bertz CT molecular complexity index is 168. The van der Waals surface area contributed by atoms with E-state index in [2.05, 4.69) is 20.8 Å². The molecule has 0 rings (SSSR count). The lowest BCUT2D eigenvalue weighted by molar-refractivity contribution is -0.143. The fourth-order valence-corrected chi connectivity index (χ4v) is 0.742. The molecule has 3 nitrogen and oxygen atoms in total. The third kappa shape index (κ3) is 4.34. The summed E-state index contributed by atoms with van der Waals surface area (Å²) in [6, 6.07) is 0. The van der Waals surface area contributed by atoms with Gasteiger partial charge in [-0.15, -0.1) is 0 Å². The lowest BCUT2D eigenvalue weighted by Gasteiger charge is -2.24. The quantitative estimate of drug-likeness (QED) is 0.681. The molecule has 0 spiro atoms. The SMILES string of the molecule is CC(C)(C)CC[C@](C)(N)C(=O)O. The molecular formula is C9H19NO2. The topological polar surface area (TPSA) is 63.3 Å². The standard InChI is InChI=1S/C9H19NO2/c1-8(2,3)5-6-9(4,10)7(11)12/h5-6,10H2,1-4H3,(H,11,12)/t9-/m0/s1. The third-order valence-corrected chi connectivity index (χ3v) is 1.88. The Morgan fingerprint density at radius 3 is 1.92 bits per heavy atom. The fraction of sp³-hybridized carbons (Fsp3) is 0.889. The molecule has 0 amide bonds. The number of nitrogens with two attached hydrogens (primary N) is 1. The van der Waals surface area contributed by atoms with Crippen molar-refractivity contribution in [3.8, 4) is 0 Å². The number of carbonyl (C=O) groups is 1. The zero-order chi connectivity index (χ0) is 9.99. The summed E-state index contributed by atoms with van der Waals surface area (Å²) in [5.74, 6) is -0.924. The van der Waals surface area contributed by atoms with E-state index in [9.17, 15) is 4.79 Å². The molecule has 12 heavy (non-hydrogen) atoms. The molecule has 0 saturated carbocycles. The molecule has 72 valence electrons. The van der Waals surface area contributed by atoms with Gasteiger partial charge in [0.25, 0.3) is 0 Å². The number of rotatable bonds is 3. The van der Waals surface area contributed by atoms with Crippen molar-refractivity contribution in [2.45, 2.75) is 46.1 Å². The van der Waals surface area contributed by atoms with E-state index in [4.69, 9.17) is 10.8 Å². The van der Waals surface area contributed by atoms with E-state index in [0.717, 1.165) is 6.42 Å². The summed E-state index contributed by atoms with van der Waals surface area (Å²) in [4.78, 5) is 10.6. The van der Waals surface area contributed by atoms with Crippen LogP contribution in [0.4, 0.5) is 0 Å². The third-order valence-electron chi connectivity index (χ3n) is 1.88. The molecule has 0 radical (unpaired) electrons. The first-order chi connectivity index (χ1) is 5.15. The van der Waals surface area contributed by atoms with Gasteiger partial charge in [-0.2, -0.15) is 0 Å². The summed E-state index contributed by atoms with van der Waals surface area (Å²) in [6.45, 7) is 7.78. The fourth-order valence-electron chi connectivity index (χ4n) is 0.742. The summed E-state index contributed by atoms with van der Waals surface area (Å²) in [5, 5.41) is 8.71. The first kappa shape index (κ1) is 11.4. The number of carboxylic acids is 1. The summed E-state index contributed by atoms with van der Waals surface area (Å²) >= 11 is 0. The van der Waals surface area contributed by atoms with Gasteiger partial charge in [-0.05, 0) is 25.2 Å². The maximum absolute atomic E-state index is 10.6. The summed E-state index contributed by atoms with van der Waals surface area (Å²) in [7, 11) is 0. The monoisotopic (exact) mass is 173 g/mol. The average Bonchev–Trinajstić information content (AvgIpc) is 1.82. The predicted octanol–water partition coefficient (Wildman–Crippen LogP) is 1.61. The first-order valence-corrected chi connectivity index (χ1v) is 4.17. The van der Waals surface area contributed by atoms with Crippen molar-refractivity contribution in [1.29, 1.82) is 0 Å². The molecule has 0 aromatic carbocycles. The highest BCUT2D eigenvalue weighted by molar-refractivity contribution is 5.77. The Balaban J connectivity index is 4.01. The predicted molar refractivity (Wildman–Crippen MR) is 48.9 cm³/mol. The molecular weight excluding hydrogens is 154 g/mol. The minimum atomic E-state index is -1.08. The maximum Gasteiger partial charge on any atom is 0.323 e. The van der Waals surface area contributed by atoms with Gasteiger partial charge in [0.15, 0.2) is 0 Å². The molecule has 0 fully saturated rings. The van der Waals surface area contributed by atoms with E-state index in [1.807, 2.05) is 0 Å². The molecule has 0 aliphatic rings. The highest BCUT2D eigenvalue weighted by Gasteiger charge is 2.29. The van der Waals surface area contributed by atoms with E-state index in [0.29, 0.717) is 6.42 Å². The molecule has 3 heteroatoms. The zero-order valence-electron chi connectivity index (χ0n) is 8.35. The highest BCUT2D eigenvalue weighted by atomic mass is 16.4. The molecule has 1 atom stereocenters. The van der Waals surface area contributed by atoms with E-state index >= 15 is 0 Å². The number of carboxylic acid groups (broad SMARTS) is 1. The largest absolute Gasteiger partial charge is 0.480 e. The Labute approximate surface area is 74.0 Å². The lowest BCUT2D eigenvalue weighted by Crippen LogP contribution is -2.45. The van der Waals surface area contributed by atoms with Gasteiger partial charge >= 0.3 is 5.97 Å². The molecule has 0 heterocycles. The van der Waals surface area contributed by atoms with Gasteiger partial charge < -0.3 is 10.8 Å². The minimum absolute atomic E-state index is 0.149. The normalized spacial score (nSPS) is 17.1. The highest BCUT2D eigenvalue weighted by Crippen LogP contribution is 2.24. The summed E-state index contributed by atoms with van der Waals surface area (Å²) in [5.41, 5.74) is 4.64. The molecule has 0 aliphatic carbocycles. The van der Waals surface area contributed by atoms with Crippen LogP contribution in [0, 0.1) is 5.41 Å². The van der Waals surface area contributed by atoms with Gasteiger partial charge in [0.2, 0.25) is 0 Å². The number of hydrogen-bond acceptors (Lipinski definition) is 2. The van der Waals surface area contributed by atoms with Crippen molar-refractivity contribution in [3.05, 3.63) is 0 Å². The van der Waals surface area contributed by atoms with E-state index in [-0.39, 0.29) is 5.41 Å². The molecule has 0 aromatic rings. The van der Waals surface area contributed by atoms with E-state index in [1.54, 1.807) is 6.92 Å². The molecule has 0 aliphatic heterocycles. The average molecular weight is 173 g/mol. The van der Waals surface area contributed by atoms with Crippen LogP contribution in [0.2, 0.25) is 0 Å². The number of hydrogen-bond donors (Lipinski definition) is 2. The Morgan fingerprint density at radius 2 is 1.67 bits per heavy atom. The lowest BCUT2D eigenvalue weighted by atomic mass is 9.84. The van der Waals surface area contributed by atoms with Crippen molar-refractivity contribution in [3.63, 3.8) is 0 Å². The Hall–Kier alpha value is -0.570. The van der Waals surface area contributed by atoms with Crippen molar-refractivity contribution < 1.29 is 9.90 Å². The number of aliphatic carboxylic acids is 1. The van der Waals surface area contributed by atoms with Crippen LogP contribution in [0.5, 0.6) is 0 Å². The van der Waals surface area contributed by atoms with Crippen molar-refractivity contribution >= 4 is 5.97 Å². The second kappa shape index (κ2) is 3.44. The summed E-state index contributed by atoms with van der Waals surface area (Å²) in [6.07, 6.45) is 1.35. The molecule has 0 saturated heterocycles. The zero-order valence-corrected chi connectivity index (χ0v) is 8.35. The molecule has 0 bridgehead atoms. The van der Waals surface area contributed by atoms with Crippen LogP contribution in [0.3, 0.4) is 0 Å². The molecule has 0 aromatic heterocycles. The van der Waals surface area contributed by atoms with Crippen molar-refractivity contribution in [2.75, 3.05) is 0 Å². The Morgan fingerprint density at radius 1 is 1.25 bits per heavy atom. The van der Waals surface area contributed by atoms with E-state index < -0.39 is 11.5 Å².